The summed E-state index contributed by atoms with van der Waals surface area (Å²) in [5, 5.41) is 0. The molecule has 0 aliphatic heterocycles. The van der Waals surface area contributed by atoms with Crippen LogP contribution >= 0.6 is 12.2 Å². The van der Waals surface area contributed by atoms with Gasteiger partial charge >= 0.3 is 0 Å². The molecule has 0 saturated carbocycles. The molecule has 1 aliphatic carbocycles. The highest BCUT2D eigenvalue weighted by Gasteiger charge is 1.93. The molecule has 0 radical (unpaired) electrons. The van der Waals surface area contributed by atoms with Crippen LogP contribution in [0.5, 0.6) is 0 Å². The second kappa shape index (κ2) is 2.23. The molecule has 1 aliphatic rings. The molecule has 0 heterocycles. The van der Waals surface area contributed by atoms with E-state index >= 15 is 0 Å². The molecule has 0 aromatic rings. The van der Waals surface area contributed by atoms with Crippen molar-refractivity contribution in [1.82, 2.24) is 0 Å². The molecule has 0 saturated heterocycles. The zero-order valence-electron chi connectivity index (χ0n) is 4.85. The first-order valence-corrected chi connectivity index (χ1v) is 3.07. The van der Waals surface area contributed by atoms with Crippen molar-refractivity contribution in [1.29, 1.82) is 0 Å². The second-order valence-corrected chi connectivity index (χ2v) is 2.48. The number of hydrogen-bond donors (Lipinski definition) is 0. The lowest BCUT2D eigenvalue weighted by atomic mass is 10.1. The molecule has 0 aromatic heterocycles. The van der Waals surface area contributed by atoms with Crippen molar-refractivity contribution in [3.05, 3.63) is 23.8 Å². The van der Waals surface area contributed by atoms with Crippen LogP contribution in [0.25, 0.3) is 0 Å². The maximum absolute atomic E-state index is 4.93. The summed E-state index contributed by atoms with van der Waals surface area (Å²) in [6.45, 7) is 2.08. The maximum atomic E-state index is 4.93. The molecule has 1 rings (SSSR count). The van der Waals surface area contributed by atoms with Gasteiger partial charge in [0.15, 0.2) is 0 Å². The summed E-state index contributed by atoms with van der Waals surface area (Å²) in [4.78, 5) is 1.04. The Morgan fingerprint density at radius 3 is 2.62 bits per heavy atom. The van der Waals surface area contributed by atoms with Gasteiger partial charge in [0.05, 0.1) is 0 Å². The predicted molar refractivity (Wildman–Crippen MR) is 40.1 cm³/mol. The fraction of sp³-hybridized carbons (Fsp3) is 0.286. The monoisotopic (exact) mass is 124 g/mol. The van der Waals surface area contributed by atoms with Gasteiger partial charge in [0.1, 0.15) is 0 Å². The minimum Gasteiger partial charge on any atom is -0.0846 e. The Labute approximate surface area is 54.9 Å². The number of allylic oxidation sites excluding steroid dienone is 4. The van der Waals surface area contributed by atoms with Crippen LogP contribution in [-0.2, 0) is 0 Å². The van der Waals surface area contributed by atoms with Crippen LogP contribution in [0.2, 0.25) is 0 Å². The zero-order chi connectivity index (χ0) is 5.98. The van der Waals surface area contributed by atoms with Gasteiger partial charge in [0.2, 0.25) is 0 Å². The van der Waals surface area contributed by atoms with Gasteiger partial charge in [-0.25, -0.2) is 0 Å². The van der Waals surface area contributed by atoms with Crippen LogP contribution < -0.4 is 0 Å². The number of hydrogen-bond acceptors (Lipinski definition) is 1. The molecule has 0 N–H and O–H groups in total. The average Bonchev–Trinajstić information content (AvgIpc) is 1.77. The first-order valence-electron chi connectivity index (χ1n) is 2.67. The molecule has 0 nitrogen and oxygen atoms in total. The lowest BCUT2D eigenvalue weighted by Gasteiger charge is -1.99. The second-order valence-electron chi connectivity index (χ2n) is 1.95. The van der Waals surface area contributed by atoms with Gasteiger partial charge in [0, 0.05) is 11.3 Å². The van der Waals surface area contributed by atoms with Crippen LogP contribution in [0.1, 0.15) is 13.3 Å². The Hall–Kier alpha value is -0.430. The van der Waals surface area contributed by atoms with Crippen LogP contribution in [0, 0.1) is 0 Å². The Morgan fingerprint density at radius 1 is 1.50 bits per heavy atom. The van der Waals surface area contributed by atoms with E-state index < -0.39 is 0 Å². The normalized spacial score (nSPS) is 18.6. The summed E-state index contributed by atoms with van der Waals surface area (Å²) in [5.74, 6) is 0. The number of thiocarbonyl (C=S) groups is 1. The Bertz CT molecular complexity index is 160. The smallest absolute Gasteiger partial charge is 0.0190 e. The third kappa shape index (κ3) is 1.27. The fourth-order valence-corrected chi connectivity index (χ4v) is 0.773. The van der Waals surface area contributed by atoms with Gasteiger partial charge < -0.3 is 0 Å². The van der Waals surface area contributed by atoms with E-state index in [1.807, 2.05) is 12.2 Å². The molecule has 0 bridgehead atoms. The lowest BCUT2D eigenvalue weighted by molar-refractivity contribution is 1.38. The molecule has 0 amide bonds. The summed E-state index contributed by atoms with van der Waals surface area (Å²) in [7, 11) is 0. The quantitative estimate of drug-likeness (QED) is 0.446. The summed E-state index contributed by atoms with van der Waals surface area (Å²) in [5.41, 5.74) is 1.32. The maximum Gasteiger partial charge on any atom is 0.0190 e. The molecular weight excluding hydrogens is 116 g/mol. The largest absolute Gasteiger partial charge is 0.0846 e. The van der Waals surface area contributed by atoms with Gasteiger partial charge in [-0.05, 0) is 13.0 Å². The molecule has 0 fully saturated rings. The third-order valence-electron chi connectivity index (χ3n) is 1.16. The summed E-state index contributed by atoms with van der Waals surface area (Å²) in [6, 6.07) is 0. The minimum absolute atomic E-state index is 0.956. The summed E-state index contributed by atoms with van der Waals surface area (Å²) in [6.07, 6.45) is 7.14. The summed E-state index contributed by atoms with van der Waals surface area (Å²) < 4.78 is 0. The standard InChI is InChI=1S/C7H8S/c1-6-2-4-7(8)5-3-6/h2-4H,5H2,1H3. The molecule has 42 valence electrons. The van der Waals surface area contributed by atoms with E-state index in [0.717, 1.165) is 11.3 Å². The molecule has 0 aromatic carbocycles. The van der Waals surface area contributed by atoms with Gasteiger partial charge in [-0.3, -0.25) is 0 Å². The van der Waals surface area contributed by atoms with Crippen molar-refractivity contribution in [2.24, 2.45) is 0 Å². The Balaban J connectivity index is 2.71. The van der Waals surface area contributed by atoms with Gasteiger partial charge in [-0.2, -0.15) is 0 Å². The van der Waals surface area contributed by atoms with Crippen molar-refractivity contribution < 1.29 is 0 Å². The highest BCUT2D eigenvalue weighted by Crippen LogP contribution is 2.05. The summed E-state index contributed by atoms with van der Waals surface area (Å²) >= 11 is 4.93. The molecule has 8 heavy (non-hydrogen) atoms. The van der Waals surface area contributed by atoms with Gasteiger partial charge in [0.25, 0.3) is 0 Å². The zero-order valence-corrected chi connectivity index (χ0v) is 5.66. The topological polar surface area (TPSA) is 0 Å². The van der Waals surface area contributed by atoms with Crippen LogP contribution in [0.4, 0.5) is 0 Å². The Morgan fingerprint density at radius 2 is 2.25 bits per heavy atom. The highest BCUT2D eigenvalue weighted by molar-refractivity contribution is 7.80. The molecule has 0 spiro atoms. The van der Waals surface area contributed by atoms with Crippen molar-refractivity contribution in [3.8, 4) is 0 Å². The van der Waals surface area contributed by atoms with E-state index in [1.54, 1.807) is 0 Å². The van der Waals surface area contributed by atoms with E-state index in [-0.39, 0.29) is 0 Å². The van der Waals surface area contributed by atoms with Crippen molar-refractivity contribution >= 4 is 17.1 Å². The Kier molecular flexibility index (Phi) is 1.59. The minimum atomic E-state index is 0.956. The van der Waals surface area contributed by atoms with Crippen molar-refractivity contribution in [2.75, 3.05) is 0 Å². The SMILES string of the molecule is CC1=CCC(=S)C=C1. The van der Waals surface area contributed by atoms with E-state index in [4.69, 9.17) is 12.2 Å². The highest BCUT2D eigenvalue weighted by atomic mass is 32.1. The van der Waals surface area contributed by atoms with Crippen molar-refractivity contribution in [2.45, 2.75) is 13.3 Å². The van der Waals surface area contributed by atoms with E-state index in [9.17, 15) is 0 Å². The van der Waals surface area contributed by atoms with E-state index in [2.05, 4.69) is 13.0 Å². The van der Waals surface area contributed by atoms with Crippen LogP contribution in [-0.4, -0.2) is 4.86 Å². The number of rotatable bonds is 0. The third-order valence-corrected chi connectivity index (χ3v) is 1.46. The van der Waals surface area contributed by atoms with Crippen LogP contribution in [0.3, 0.4) is 0 Å². The average molecular weight is 124 g/mol. The predicted octanol–water partition coefficient (Wildman–Crippen LogP) is 2.26. The molecular formula is C7H8S. The van der Waals surface area contributed by atoms with Crippen LogP contribution in [0.15, 0.2) is 23.8 Å². The van der Waals surface area contributed by atoms with E-state index in [0.29, 0.717) is 0 Å². The first-order chi connectivity index (χ1) is 3.79. The molecule has 1 heteroatoms. The van der Waals surface area contributed by atoms with Gasteiger partial charge in [-0.15, -0.1) is 0 Å². The fourth-order valence-electron chi connectivity index (χ4n) is 0.622. The van der Waals surface area contributed by atoms with Gasteiger partial charge in [-0.1, -0.05) is 29.9 Å². The van der Waals surface area contributed by atoms with E-state index in [1.165, 1.54) is 5.57 Å². The first kappa shape index (κ1) is 5.70. The van der Waals surface area contributed by atoms with Crippen molar-refractivity contribution in [3.63, 3.8) is 0 Å². The molecule has 0 atom stereocenters. The lowest BCUT2D eigenvalue weighted by Crippen LogP contribution is -1.90. The molecule has 0 unspecified atom stereocenters.